The summed E-state index contributed by atoms with van der Waals surface area (Å²) in [6.45, 7) is 1.68. The average Bonchev–Trinajstić information content (AvgIpc) is 2.41. The van der Waals surface area contributed by atoms with Crippen LogP contribution >= 0.6 is 0 Å². The molecule has 0 bridgehead atoms. The number of aromatic nitrogens is 2. The Hall–Kier alpha value is -2.36. The van der Waals surface area contributed by atoms with Gasteiger partial charge in [0.15, 0.2) is 5.78 Å². The number of halogens is 1. The molecule has 0 fully saturated rings. The third-order valence-electron chi connectivity index (χ3n) is 2.45. The van der Waals surface area contributed by atoms with Gasteiger partial charge in [0.25, 0.3) is 0 Å². The van der Waals surface area contributed by atoms with Crippen LogP contribution in [0.25, 0.3) is 6.08 Å². The highest BCUT2D eigenvalue weighted by Crippen LogP contribution is 2.11. The molecule has 2 aromatic rings. The van der Waals surface area contributed by atoms with Crippen molar-refractivity contribution < 1.29 is 9.18 Å². The molecule has 18 heavy (non-hydrogen) atoms. The minimum absolute atomic E-state index is 0.183. The van der Waals surface area contributed by atoms with Gasteiger partial charge < -0.3 is 0 Å². The molecule has 0 N–H and O–H groups in total. The second kappa shape index (κ2) is 5.31. The monoisotopic (exact) mass is 242 g/mol. The minimum Gasteiger partial charge on any atom is -0.289 e. The van der Waals surface area contributed by atoms with Crippen LogP contribution in [0.4, 0.5) is 4.39 Å². The van der Waals surface area contributed by atoms with E-state index in [9.17, 15) is 9.18 Å². The van der Waals surface area contributed by atoms with E-state index in [4.69, 9.17) is 0 Å². The van der Waals surface area contributed by atoms with E-state index < -0.39 is 0 Å². The lowest BCUT2D eigenvalue weighted by atomic mass is 10.1. The summed E-state index contributed by atoms with van der Waals surface area (Å²) in [7, 11) is 0. The van der Waals surface area contributed by atoms with Crippen LogP contribution in [0.15, 0.2) is 43.0 Å². The summed E-state index contributed by atoms with van der Waals surface area (Å²) >= 11 is 0. The van der Waals surface area contributed by atoms with Crippen molar-refractivity contribution in [1.29, 1.82) is 0 Å². The molecule has 1 heterocycles. The molecule has 0 saturated heterocycles. The highest BCUT2D eigenvalue weighted by atomic mass is 19.1. The fraction of sp³-hybridized carbons (Fsp3) is 0.0714. The quantitative estimate of drug-likeness (QED) is 0.614. The van der Waals surface area contributed by atoms with E-state index in [1.54, 1.807) is 25.1 Å². The first-order chi connectivity index (χ1) is 8.66. The molecule has 0 unspecified atom stereocenters. The van der Waals surface area contributed by atoms with Gasteiger partial charge in [0.05, 0.1) is 5.56 Å². The normalized spacial score (nSPS) is 10.8. The standard InChI is InChI=1S/C14H11FN2O/c1-10-6-11(2-4-13(10)15)3-5-14(18)12-7-16-9-17-8-12/h2-9H,1H3/b5-3+. The van der Waals surface area contributed by atoms with Gasteiger partial charge in [-0.1, -0.05) is 12.1 Å². The van der Waals surface area contributed by atoms with E-state index in [0.29, 0.717) is 11.1 Å². The number of benzene rings is 1. The van der Waals surface area contributed by atoms with Gasteiger partial charge in [-0.15, -0.1) is 0 Å². The van der Waals surface area contributed by atoms with Gasteiger partial charge in [-0.25, -0.2) is 14.4 Å². The molecule has 1 aromatic heterocycles. The Morgan fingerprint density at radius 3 is 2.67 bits per heavy atom. The third kappa shape index (κ3) is 2.85. The second-order valence-corrected chi connectivity index (χ2v) is 3.83. The first-order valence-corrected chi connectivity index (χ1v) is 5.40. The summed E-state index contributed by atoms with van der Waals surface area (Å²) in [6.07, 6.45) is 7.34. The lowest BCUT2D eigenvalue weighted by Crippen LogP contribution is -1.95. The Morgan fingerprint density at radius 1 is 1.28 bits per heavy atom. The predicted molar refractivity (Wildman–Crippen MR) is 66.5 cm³/mol. The minimum atomic E-state index is -0.255. The van der Waals surface area contributed by atoms with E-state index in [-0.39, 0.29) is 11.6 Å². The molecule has 0 aliphatic heterocycles. The maximum Gasteiger partial charge on any atom is 0.188 e. The van der Waals surface area contributed by atoms with Crippen LogP contribution in [-0.4, -0.2) is 15.8 Å². The second-order valence-electron chi connectivity index (χ2n) is 3.83. The maximum atomic E-state index is 13.1. The predicted octanol–water partition coefficient (Wildman–Crippen LogP) is 2.82. The molecule has 0 atom stereocenters. The maximum absolute atomic E-state index is 13.1. The zero-order valence-corrected chi connectivity index (χ0v) is 9.80. The zero-order chi connectivity index (χ0) is 13.0. The molecule has 4 heteroatoms. The number of rotatable bonds is 3. The summed E-state index contributed by atoms with van der Waals surface area (Å²) < 4.78 is 13.1. The van der Waals surface area contributed by atoms with E-state index >= 15 is 0 Å². The summed E-state index contributed by atoms with van der Waals surface area (Å²) in [5.74, 6) is -0.437. The molecular weight excluding hydrogens is 231 g/mol. The number of nitrogens with zero attached hydrogens (tertiary/aromatic N) is 2. The molecule has 90 valence electrons. The van der Waals surface area contributed by atoms with Crippen molar-refractivity contribution in [2.45, 2.75) is 6.92 Å². The van der Waals surface area contributed by atoms with Crippen LogP contribution in [-0.2, 0) is 0 Å². The van der Waals surface area contributed by atoms with Crippen molar-refractivity contribution >= 4 is 11.9 Å². The number of aryl methyl sites for hydroxylation is 1. The zero-order valence-electron chi connectivity index (χ0n) is 9.80. The van der Waals surface area contributed by atoms with Crippen molar-refractivity contribution in [1.82, 2.24) is 9.97 Å². The Balaban J connectivity index is 2.16. The van der Waals surface area contributed by atoms with Crippen LogP contribution in [0.1, 0.15) is 21.5 Å². The third-order valence-corrected chi connectivity index (χ3v) is 2.45. The smallest absolute Gasteiger partial charge is 0.188 e. The number of carbonyl (C=O) groups is 1. The van der Waals surface area contributed by atoms with E-state index in [2.05, 4.69) is 9.97 Å². The number of allylic oxidation sites excluding steroid dienone is 1. The Kier molecular flexibility index (Phi) is 3.57. The molecule has 0 saturated carbocycles. The first-order valence-electron chi connectivity index (χ1n) is 5.40. The summed E-state index contributed by atoms with van der Waals surface area (Å²) in [5.41, 5.74) is 1.75. The molecule has 0 aliphatic rings. The highest BCUT2D eigenvalue weighted by Gasteiger charge is 2.01. The number of ketones is 1. The Labute approximate surface area is 104 Å². The van der Waals surface area contributed by atoms with Gasteiger partial charge in [-0.3, -0.25) is 4.79 Å². The summed E-state index contributed by atoms with van der Waals surface area (Å²) in [5, 5.41) is 0. The van der Waals surface area contributed by atoms with Crippen LogP contribution in [0.3, 0.4) is 0 Å². The average molecular weight is 242 g/mol. The van der Waals surface area contributed by atoms with Crippen molar-refractivity contribution in [2.75, 3.05) is 0 Å². The number of hydrogen-bond donors (Lipinski definition) is 0. The molecule has 0 amide bonds. The largest absolute Gasteiger partial charge is 0.289 e. The van der Waals surface area contributed by atoms with E-state index in [0.717, 1.165) is 5.56 Å². The lowest BCUT2D eigenvalue weighted by Gasteiger charge is -1.98. The van der Waals surface area contributed by atoms with Crippen LogP contribution < -0.4 is 0 Å². The number of carbonyl (C=O) groups excluding carboxylic acids is 1. The van der Waals surface area contributed by atoms with E-state index in [1.165, 1.54) is 30.9 Å². The van der Waals surface area contributed by atoms with Crippen molar-refractivity contribution in [3.8, 4) is 0 Å². The van der Waals surface area contributed by atoms with Crippen molar-refractivity contribution in [3.05, 3.63) is 65.5 Å². The van der Waals surface area contributed by atoms with Gasteiger partial charge in [0.1, 0.15) is 12.1 Å². The van der Waals surface area contributed by atoms with Crippen LogP contribution in [0, 0.1) is 12.7 Å². The summed E-state index contributed by atoms with van der Waals surface area (Å²) in [4.78, 5) is 19.3. The topological polar surface area (TPSA) is 42.9 Å². The first kappa shape index (κ1) is 12.1. The molecule has 2 rings (SSSR count). The SMILES string of the molecule is Cc1cc(/C=C/C(=O)c2cncnc2)ccc1F. The Bertz CT molecular complexity index is 594. The van der Waals surface area contributed by atoms with Gasteiger partial charge in [0, 0.05) is 12.4 Å². The van der Waals surface area contributed by atoms with Crippen LogP contribution in [0.5, 0.6) is 0 Å². The molecule has 0 radical (unpaired) electrons. The Morgan fingerprint density at radius 2 is 2.00 bits per heavy atom. The number of hydrogen-bond acceptors (Lipinski definition) is 3. The van der Waals surface area contributed by atoms with Gasteiger partial charge >= 0.3 is 0 Å². The molecule has 0 spiro atoms. The molecule has 0 aliphatic carbocycles. The highest BCUT2D eigenvalue weighted by molar-refractivity contribution is 6.06. The fourth-order valence-corrected chi connectivity index (χ4v) is 1.47. The van der Waals surface area contributed by atoms with Crippen molar-refractivity contribution in [3.63, 3.8) is 0 Å². The van der Waals surface area contributed by atoms with Crippen LogP contribution in [0.2, 0.25) is 0 Å². The molecular formula is C14H11FN2O. The molecule has 1 aromatic carbocycles. The van der Waals surface area contributed by atoms with Gasteiger partial charge in [-0.05, 0) is 36.3 Å². The van der Waals surface area contributed by atoms with Crippen molar-refractivity contribution in [2.24, 2.45) is 0 Å². The van der Waals surface area contributed by atoms with E-state index in [1.807, 2.05) is 0 Å². The molecule has 3 nitrogen and oxygen atoms in total. The van der Waals surface area contributed by atoms with Gasteiger partial charge in [-0.2, -0.15) is 0 Å². The van der Waals surface area contributed by atoms with Gasteiger partial charge in [0.2, 0.25) is 0 Å². The summed E-state index contributed by atoms with van der Waals surface area (Å²) in [6, 6.07) is 4.68. The lowest BCUT2D eigenvalue weighted by molar-refractivity contribution is 0.104. The fourth-order valence-electron chi connectivity index (χ4n) is 1.47.